The molecule has 0 N–H and O–H groups in total. The molecule has 0 saturated heterocycles. The third kappa shape index (κ3) is 3.86. The van der Waals surface area contributed by atoms with Crippen molar-refractivity contribution < 1.29 is 9.13 Å². The van der Waals surface area contributed by atoms with Crippen LogP contribution in [0.5, 0.6) is 5.75 Å². The number of hydrogen-bond acceptors (Lipinski definition) is 2. The first-order valence-electron chi connectivity index (χ1n) is 7.13. The molecule has 2 nitrogen and oxygen atoms in total. The molecule has 0 fully saturated rings. The van der Waals surface area contributed by atoms with Crippen molar-refractivity contribution in [1.29, 1.82) is 0 Å². The lowest BCUT2D eigenvalue weighted by Gasteiger charge is -2.26. The number of alkyl halides is 1. The summed E-state index contributed by atoms with van der Waals surface area (Å²) in [5.74, 6) is 0.863. The van der Waals surface area contributed by atoms with Crippen LogP contribution in [0.4, 0.5) is 10.1 Å². The maximum atomic E-state index is 13.1. The van der Waals surface area contributed by atoms with E-state index in [0.29, 0.717) is 6.42 Å². The van der Waals surface area contributed by atoms with Crippen LogP contribution in [0.1, 0.15) is 19.8 Å². The zero-order chi connectivity index (χ0) is 14.4. The molecule has 1 aliphatic carbocycles. The molecule has 0 amide bonds. The van der Waals surface area contributed by atoms with Gasteiger partial charge in [0.25, 0.3) is 0 Å². The summed E-state index contributed by atoms with van der Waals surface area (Å²) >= 11 is 0. The van der Waals surface area contributed by atoms with Crippen LogP contribution >= 0.6 is 0 Å². The van der Waals surface area contributed by atoms with E-state index >= 15 is 0 Å². The predicted molar refractivity (Wildman–Crippen MR) is 82.2 cm³/mol. The van der Waals surface area contributed by atoms with Gasteiger partial charge in [-0.15, -0.1) is 0 Å². The molecular weight excluding hydrogens is 253 g/mol. The molecule has 0 bridgehead atoms. The van der Waals surface area contributed by atoms with Crippen molar-refractivity contribution in [1.82, 2.24) is 0 Å². The number of benzene rings is 1. The molecule has 0 radical (unpaired) electrons. The third-order valence-corrected chi connectivity index (χ3v) is 3.43. The molecule has 1 aromatic carbocycles. The average molecular weight is 275 g/mol. The second-order valence-electron chi connectivity index (χ2n) is 5.01. The van der Waals surface area contributed by atoms with Crippen LogP contribution in [0, 0.1) is 0 Å². The van der Waals surface area contributed by atoms with Crippen molar-refractivity contribution in [2.45, 2.75) is 25.9 Å². The minimum Gasteiger partial charge on any atom is -0.497 e. The van der Waals surface area contributed by atoms with Crippen molar-refractivity contribution in [2.24, 2.45) is 0 Å². The molecular formula is C17H22FNO. The maximum absolute atomic E-state index is 13.1. The Morgan fingerprint density at radius 1 is 1.30 bits per heavy atom. The molecule has 0 aliphatic heterocycles. The van der Waals surface area contributed by atoms with E-state index in [1.165, 1.54) is 11.3 Å². The Hall–Kier alpha value is -1.77. The lowest BCUT2D eigenvalue weighted by molar-refractivity contribution is 0.400. The Labute approximate surface area is 120 Å². The maximum Gasteiger partial charge on any atom is 0.122 e. The fourth-order valence-electron chi connectivity index (χ4n) is 2.34. The molecule has 20 heavy (non-hydrogen) atoms. The minimum absolute atomic E-state index is 0.494. The Balaban J connectivity index is 2.08. The number of methoxy groups -OCH3 is 1. The van der Waals surface area contributed by atoms with Gasteiger partial charge < -0.3 is 9.64 Å². The summed E-state index contributed by atoms with van der Waals surface area (Å²) < 4.78 is 18.3. The van der Waals surface area contributed by atoms with Crippen LogP contribution in [0.2, 0.25) is 0 Å². The summed E-state index contributed by atoms with van der Waals surface area (Å²) in [6, 6.07) is 8.08. The van der Waals surface area contributed by atoms with E-state index in [4.69, 9.17) is 4.74 Å². The van der Waals surface area contributed by atoms with Crippen molar-refractivity contribution >= 4 is 5.69 Å². The smallest absolute Gasteiger partial charge is 0.122 e. The molecule has 1 atom stereocenters. The lowest BCUT2D eigenvalue weighted by Crippen LogP contribution is -2.26. The Bertz CT molecular complexity index is 478. The summed E-state index contributed by atoms with van der Waals surface area (Å²) in [5.41, 5.74) is 2.35. The zero-order valence-corrected chi connectivity index (χ0v) is 12.2. The van der Waals surface area contributed by atoms with Crippen LogP contribution in [0.25, 0.3) is 0 Å². The summed E-state index contributed by atoms with van der Waals surface area (Å²) in [4.78, 5) is 2.31. The molecule has 0 saturated carbocycles. The highest BCUT2D eigenvalue weighted by molar-refractivity contribution is 5.51. The van der Waals surface area contributed by atoms with Crippen molar-refractivity contribution in [2.75, 3.05) is 25.1 Å². The van der Waals surface area contributed by atoms with Crippen LogP contribution in [0.3, 0.4) is 0 Å². The Morgan fingerprint density at radius 3 is 2.60 bits per heavy atom. The Morgan fingerprint density at radius 2 is 2.05 bits per heavy atom. The van der Waals surface area contributed by atoms with Gasteiger partial charge in [-0.1, -0.05) is 25.2 Å². The summed E-state index contributed by atoms with van der Waals surface area (Å²) in [6.07, 6.45) is 6.30. The van der Waals surface area contributed by atoms with Gasteiger partial charge in [0.1, 0.15) is 11.9 Å². The molecule has 0 aromatic heterocycles. The van der Waals surface area contributed by atoms with Crippen LogP contribution in [0.15, 0.2) is 48.1 Å². The average Bonchev–Trinajstić information content (AvgIpc) is 2.49. The van der Waals surface area contributed by atoms with Gasteiger partial charge in [-0.25, -0.2) is 4.39 Å². The van der Waals surface area contributed by atoms with Gasteiger partial charge in [-0.3, -0.25) is 0 Å². The first-order valence-corrected chi connectivity index (χ1v) is 7.13. The van der Waals surface area contributed by atoms with Crippen molar-refractivity contribution in [3.63, 3.8) is 0 Å². The lowest BCUT2D eigenvalue weighted by atomic mass is 10.1. The van der Waals surface area contributed by atoms with Gasteiger partial charge >= 0.3 is 0 Å². The van der Waals surface area contributed by atoms with Crippen LogP contribution in [-0.2, 0) is 0 Å². The SMILES string of the molecule is CCCN(CC1=CCC(F)C=C1)c1ccc(OC)cc1. The van der Waals surface area contributed by atoms with E-state index < -0.39 is 6.17 Å². The number of ether oxygens (including phenoxy) is 1. The molecule has 0 spiro atoms. The van der Waals surface area contributed by atoms with E-state index in [2.05, 4.69) is 24.0 Å². The molecule has 1 unspecified atom stereocenters. The van der Waals surface area contributed by atoms with Crippen LogP contribution in [-0.4, -0.2) is 26.4 Å². The fraction of sp³-hybridized carbons (Fsp3) is 0.412. The van der Waals surface area contributed by atoms with E-state index in [1.807, 2.05) is 24.3 Å². The van der Waals surface area contributed by atoms with Crippen molar-refractivity contribution in [3.05, 3.63) is 48.1 Å². The third-order valence-electron chi connectivity index (χ3n) is 3.43. The first-order chi connectivity index (χ1) is 9.72. The number of anilines is 1. The molecule has 2 rings (SSSR count). The Kier molecular flexibility index (Phi) is 5.22. The number of nitrogens with zero attached hydrogens (tertiary/aromatic N) is 1. The van der Waals surface area contributed by atoms with Gasteiger partial charge in [-0.2, -0.15) is 0 Å². The highest BCUT2D eigenvalue weighted by atomic mass is 19.1. The van der Waals surface area contributed by atoms with Gasteiger partial charge in [0.15, 0.2) is 0 Å². The van der Waals surface area contributed by atoms with Gasteiger partial charge in [-0.05, 0) is 36.3 Å². The quantitative estimate of drug-likeness (QED) is 0.773. The fourth-order valence-corrected chi connectivity index (χ4v) is 2.34. The molecule has 3 heteroatoms. The number of rotatable bonds is 6. The first kappa shape index (κ1) is 14.6. The largest absolute Gasteiger partial charge is 0.497 e. The summed E-state index contributed by atoms with van der Waals surface area (Å²) in [5, 5.41) is 0. The monoisotopic (exact) mass is 275 g/mol. The molecule has 0 heterocycles. The van der Waals surface area contributed by atoms with E-state index in [0.717, 1.165) is 25.3 Å². The summed E-state index contributed by atoms with van der Waals surface area (Å²) in [7, 11) is 1.67. The number of allylic oxidation sites excluding steroid dienone is 2. The van der Waals surface area contributed by atoms with Crippen LogP contribution < -0.4 is 9.64 Å². The van der Waals surface area contributed by atoms with Gasteiger partial charge in [0.05, 0.1) is 7.11 Å². The summed E-state index contributed by atoms with van der Waals surface area (Å²) in [6.45, 7) is 3.97. The molecule has 1 aliphatic rings. The van der Waals surface area contributed by atoms with E-state index in [9.17, 15) is 4.39 Å². The second-order valence-corrected chi connectivity index (χ2v) is 5.01. The van der Waals surface area contributed by atoms with E-state index in [1.54, 1.807) is 13.2 Å². The highest BCUT2D eigenvalue weighted by Crippen LogP contribution is 2.22. The number of hydrogen-bond donors (Lipinski definition) is 0. The topological polar surface area (TPSA) is 12.5 Å². The van der Waals surface area contributed by atoms with Gasteiger partial charge in [0.2, 0.25) is 0 Å². The highest BCUT2D eigenvalue weighted by Gasteiger charge is 2.11. The predicted octanol–water partition coefficient (Wildman–Crippen LogP) is 4.14. The standard InChI is InChI=1S/C17H22FNO/c1-3-12-19(13-14-4-6-15(18)7-5-14)16-8-10-17(20-2)11-9-16/h4-6,8-11,15H,3,7,12-13H2,1-2H3. The molecule has 108 valence electrons. The second kappa shape index (κ2) is 7.13. The minimum atomic E-state index is -0.820. The van der Waals surface area contributed by atoms with E-state index in [-0.39, 0.29) is 0 Å². The normalized spacial score (nSPS) is 17.8. The zero-order valence-electron chi connectivity index (χ0n) is 12.2. The molecule has 1 aromatic rings. The van der Waals surface area contributed by atoms with Crippen molar-refractivity contribution in [3.8, 4) is 5.75 Å². The number of halogens is 1. The van der Waals surface area contributed by atoms with Gasteiger partial charge in [0, 0.05) is 25.2 Å².